The number of hydrazine groups is 1. The summed E-state index contributed by atoms with van der Waals surface area (Å²) in [6.07, 6.45) is -4.23. The monoisotopic (exact) mass is 447 g/mol. The van der Waals surface area contributed by atoms with Crippen molar-refractivity contribution in [2.75, 3.05) is 12.4 Å². The predicted molar refractivity (Wildman–Crippen MR) is 108 cm³/mol. The highest BCUT2D eigenvalue weighted by molar-refractivity contribution is 6.23. The molecule has 11 heteroatoms. The van der Waals surface area contributed by atoms with E-state index in [1.165, 1.54) is 20.2 Å². The Kier molecular flexibility index (Phi) is 5.51. The molecule has 2 aliphatic rings. The molecule has 0 radical (unpaired) electrons. The maximum atomic E-state index is 13.8. The lowest BCUT2D eigenvalue weighted by Crippen LogP contribution is -2.56. The van der Waals surface area contributed by atoms with Gasteiger partial charge in [0.1, 0.15) is 17.8 Å². The molecule has 1 aromatic heterocycles. The van der Waals surface area contributed by atoms with Crippen LogP contribution in [0.25, 0.3) is 0 Å². The van der Waals surface area contributed by atoms with Gasteiger partial charge in [-0.2, -0.15) is 13.2 Å². The van der Waals surface area contributed by atoms with Crippen LogP contribution in [0.3, 0.4) is 0 Å². The molecule has 32 heavy (non-hydrogen) atoms. The smallest absolute Gasteiger partial charge is 0.406 e. The Hall–Kier alpha value is -3.60. The molecule has 8 nitrogen and oxygen atoms in total. The summed E-state index contributed by atoms with van der Waals surface area (Å²) in [5.41, 5.74) is 2.51. The van der Waals surface area contributed by atoms with Crippen LogP contribution >= 0.6 is 0 Å². The summed E-state index contributed by atoms with van der Waals surface area (Å²) in [7, 11) is 1.39. The van der Waals surface area contributed by atoms with Crippen molar-refractivity contribution < 1.29 is 27.5 Å². The van der Waals surface area contributed by atoms with Gasteiger partial charge in [-0.05, 0) is 24.6 Å². The number of rotatable bonds is 4. The van der Waals surface area contributed by atoms with Crippen LogP contribution < -0.4 is 20.8 Å². The third kappa shape index (κ3) is 3.75. The number of aromatic nitrogens is 1. The number of halogens is 3. The predicted octanol–water partition coefficient (Wildman–Crippen LogP) is 2.29. The van der Waals surface area contributed by atoms with Crippen molar-refractivity contribution in [1.82, 2.24) is 20.7 Å². The first-order chi connectivity index (χ1) is 15.2. The Morgan fingerprint density at radius 1 is 1.19 bits per heavy atom. The summed E-state index contributed by atoms with van der Waals surface area (Å²) in [5, 5.41) is 6.24. The van der Waals surface area contributed by atoms with Crippen LogP contribution in [-0.2, 0) is 9.59 Å². The van der Waals surface area contributed by atoms with E-state index in [0.29, 0.717) is 5.56 Å². The molecule has 168 valence electrons. The highest BCUT2D eigenvalue weighted by Gasteiger charge is 2.58. The normalized spacial score (nSPS) is 23.0. The molecule has 0 saturated carbocycles. The van der Waals surface area contributed by atoms with Gasteiger partial charge in [-0.1, -0.05) is 30.3 Å². The Balaban J connectivity index is 1.67. The fraction of sp³-hybridized carbons (Fsp3) is 0.286. The lowest BCUT2D eigenvalue weighted by Gasteiger charge is -2.34. The van der Waals surface area contributed by atoms with E-state index >= 15 is 0 Å². The number of carbonyl (C=O) groups excluding carboxylic acids is 2. The number of pyridine rings is 1. The van der Waals surface area contributed by atoms with Crippen LogP contribution in [0.5, 0.6) is 5.75 Å². The molecule has 0 bridgehead atoms. The summed E-state index contributed by atoms with van der Waals surface area (Å²) >= 11 is 0. The maximum absolute atomic E-state index is 13.8. The molecule has 2 amide bonds. The van der Waals surface area contributed by atoms with E-state index in [2.05, 4.69) is 21.0 Å². The average molecular weight is 447 g/mol. The Morgan fingerprint density at radius 2 is 1.91 bits per heavy atom. The first kappa shape index (κ1) is 21.6. The molecule has 2 aliphatic heterocycles. The van der Waals surface area contributed by atoms with Crippen LogP contribution in [-0.4, -0.2) is 47.3 Å². The second-order valence-electron chi connectivity index (χ2n) is 7.36. The standard InChI is InChI=1S/C21H20F3N5O3/c1-11-14(19(30)27-17-13(32-2)9-6-10-25-17)20(31)29-18(26-11)15(12-7-4-3-5-8-12)16(28-29)21(22,23)24/h3-10,15-16,18,26,28H,1-2H3,(H,25,27,30). The van der Waals surface area contributed by atoms with E-state index < -0.39 is 36.1 Å². The van der Waals surface area contributed by atoms with Gasteiger partial charge >= 0.3 is 6.18 Å². The van der Waals surface area contributed by atoms with Gasteiger partial charge in [-0.3, -0.25) is 9.59 Å². The van der Waals surface area contributed by atoms with E-state index in [1.807, 2.05) is 0 Å². The first-order valence-corrected chi connectivity index (χ1v) is 9.71. The number of amides is 2. The molecule has 3 heterocycles. The lowest BCUT2D eigenvalue weighted by molar-refractivity contribution is -0.161. The molecule has 1 aromatic carbocycles. The van der Waals surface area contributed by atoms with E-state index in [4.69, 9.17) is 4.74 Å². The number of allylic oxidation sites excluding steroid dienone is 1. The van der Waals surface area contributed by atoms with Crippen molar-refractivity contribution in [1.29, 1.82) is 0 Å². The molecular formula is C21H20F3N5O3. The van der Waals surface area contributed by atoms with Crippen molar-refractivity contribution in [2.24, 2.45) is 0 Å². The first-order valence-electron chi connectivity index (χ1n) is 9.71. The van der Waals surface area contributed by atoms with E-state index in [1.54, 1.807) is 42.5 Å². The summed E-state index contributed by atoms with van der Waals surface area (Å²) in [4.78, 5) is 30.0. The average Bonchev–Trinajstić information content (AvgIpc) is 3.15. The quantitative estimate of drug-likeness (QED) is 0.623. The zero-order valence-electron chi connectivity index (χ0n) is 17.1. The fourth-order valence-corrected chi connectivity index (χ4v) is 3.98. The molecule has 3 unspecified atom stereocenters. The van der Waals surface area contributed by atoms with Gasteiger partial charge in [-0.25, -0.2) is 15.4 Å². The van der Waals surface area contributed by atoms with E-state index in [9.17, 15) is 22.8 Å². The van der Waals surface area contributed by atoms with E-state index in [0.717, 1.165) is 5.01 Å². The van der Waals surface area contributed by atoms with Gasteiger partial charge in [-0.15, -0.1) is 0 Å². The lowest BCUT2D eigenvalue weighted by atomic mass is 9.89. The third-order valence-corrected chi connectivity index (χ3v) is 5.41. The Labute approximate surface area is 181 Å². The van der Waals surface area contributed by atoms with Crippen molar-refractivity contribution in [3.63, 3.8) is 0 Å². The molecular weight excluding hydrogens is 427 g/mol. The molecule has 2 aromatic rings. The topological polar surface area (TPSA) is 95.6 Å². The third-order valence-electron chi connectivity index (χ3n) is 5.41. The number of hydrogen-bond donors (Lipinski definition) is 3. The molecule has 4 rings (SSSR count). The Bertz CT molecular complexity index is 1070. The fourth-order valence-electron chi connectivity index (χ4n) is 3.98. The van der Waals surface area contributed by atoms with Crippen LogP contribution in [0.2, 0.25) is 0 Å². The van der Waals surface area contributed by atoms with Crippen molar-refractivity contribution in [3.05, 3.63) is 65.5 Å². The van der Waals surface area contributed by atoms with Gasteiger partial charge in [0.2, 0.25) is 0 Å². The number of nitrogens with zero attached hydrogens (tertiary/aromatic N) is 2. The minimum atomic E-state index is -4.63. The van der Waals surface area contributed by atoms with Crippen LogP contribution in [0, 0.1) is 0 Å². The number of hydrogen-bond acceptors (Lipinski definition) is 6. The minimum Gasteiger partial charge on any atom is -0.493 e. The molecule has 3 atom stereocenters. The van der Waals surface area contributed by atoms with Gasteiger partial charge in [0.05, 0.1) is 13.0 Å². The highest BCUT2D eigenvalue weighted by Crippen LogP contribution is 2.41. The maximum Gasteiger partial charge on any atom is 0.406 e. The van der Waals surface area contributed by atoms with Gasteiger partial charge in [0, 0.05) is 11.9 Å². The van der Waals surface area contributed by atoms with Crippen LogP contribution in [0.4, 0.5) is 19.0 Å². The largest absolute Gasteiger partial charge is 0.493 e. The number of ether oxygens (including phenoxy) is 1. The van der Waals surface area contributed by atoms with E-state index in [-0.39, 0.29) is 22.8 Å². The second kappa shape index (κ2) is 8.15. The minimum absolute atomic E-state index is 0.0833. The SMILES string of the molecule is COc1cccnc1NC(=O)C1=C(C)NC2C(c3ccccc3)C(C(F)(F)F)NN2C1=O. The van der Waals surface area contributed by atoms with Crippen molar-refractivity contribution in [3.8, 4) is 5.75 Å². The number of carbonyl (C=O) groups is 2. The molecule has 1 saturated heterocycles. The summed E-state index contributed by atoms with van der Waals surface area (Å²) in [6.45, 7) is 1.47. The van der Waals surface area contributed by atoms with Crippen LogP contribution in [0.1, 0.15) is 18.4 Å². The van der Waals surface area contributed by atoms with Crippen molar-refractivity contribution in [2.45, 2.75) is 31.2 Å². The summed E-state index contributed by atoms with van der Waals surface area (Å²) < 4.78 is 46.7. The summed E-state index contributed by atoms with van der Waals surface area (Å²) in [6, 6.07) is 9.29. The van der Waals surface area contributed by atoms with Crippen molar-refractivity contribution >= 4 is 17.6 Å². The zero-order valence-corrected chi connectivity index (χ0v) is 17.1. The number of methoxy groups -OCH3 is 1. The van der Waals surface area contributed by atoms with Crippen LogP contribution in [0.15, 0.2) is 59.9 Å². The molecule has 1 fully saturated rings. The summed E-state index contributed by atoms with van der Waals surface area (Å²) in [5.74, 6) is -2.44. The second-order valence-corrected chi connectivity index (χ2v) is 7.36. The number of anilines is 1. The van der Waals surface area contributed by atoms with Gasteiger partial charge < -0.3 is 15.4 Å². The number of fused-ring (bicyclic) bond motifs is 1. The number of alkyl halides is 3. The van der Waals surface area contributed by atoms with Gasteiger partial charge in [0.25, 0.3) is 11.8 Å². The molecule has 0 aliphatic carbocycles. The number of nitrogens with one attached hydrogen (secondary N) is 3. The number of benzene rings is 1. The van der Waals surface area contributed by atoms with Gasteiger partial charge in [0.15, 0.2) is 11.6 Å². The Morgan fingerprint density at radius 3 is 2.56 bits per heavy atom. The molecule has 0 spiro atoms. The highest BCUT2D eigenvalue weighted by atomic mass is 19.4. The molecule has 3 N–H and O–H groups in total. The zero-order chi connectivity index (χ0) is 23.0.